The van der Waals surface area contributed by atoms with Crippen LogP contribution in [-0.2, 0) is 21.1 Å². The normalized spacial score (nSPS) is 23.8. The lowest BCUT2D eigenvalue weighted by Gasteiger charge is -2.34. The summed E-state index contributed by atoms with van der Waals surface area (Å²) in [7, 11) is -2.96. The van der Waals surface area contributed by atoms with Gasteiger partial charge < -0.3 is 4.90 Å². The molecule has 6 heteroatoms. The predicted molar refractivity (Wildman–Crippen MR) is 104 cm³/mol. The van der Waals surface area contributed by atoms with Gasteiger partial charge in [0, 0.05) is 12.6 Å². The van der Waals surface area contributed by atoms with Gasteiger partial charge in [-0.25, -0.2) is 8.42 Å². The summed E-state index contributed by atoms with van der Waals surface area (Å²) in [5.41, 5.74) is 1.39. The van der Waals surface area contributed by atoms with Gasteiger partial charge in [-0.3, -0.25) is 9.69 Å². The minimum absolute atomic E-state index is 0.0797. The van der Waals surface area contributed by atoms with E-state index in [4.69, 9.17) is 0 Å². The van der Waals surface area contributed by atoms with Gasteiger partial charge in [-0.15, -0.1) is 0 Å². The monoisotopic (exact) mass is 378 g/mol. The molecule has 144 valence electrons. The highest BCUT2D eigenvalue weighted by atomic mass is 32.2. The fourth-order valence-corrected chi connectivity index (χ4v) is 5.97. The Morgan fingerprint density at radius 3 is 2.42 bits per heavy atom. The maximum absolute atomic E-state index is 12.7. The van der Waals surface area contributed by atoms with Crippen molar-refractivity contribution >= 4 is 15.7 Å². The first-order valence-corrected chi connectivity index (χ1v) is 11.5. The van der Waals surface area contributed by atoms with Gasteiger partial charge >= 0.3 is 0 Å². The molecular weight excluding hydrogens is 348 g/mol. The molecule has 2 saturated heterocycles. The molecule has 1 aromatic carbocycles. The van der Waals surface area contributed by atoms with E-state index >= 15 is 0 Å². The Morgan fingerprint density at radius 1 is 1.15 bits per heavy atom. The first-order chi connectivity index (χ1) is 12.5. The summed E-state index contributed by atoms with van der Waals surface area (Å²) in [5.74, 6) is 1.11. The third-order valence-electron chi connectivity index (χ3n) is 5.74. The topological polar surface area (TPSA) is 57.7 Å². The minimum Gasteiger partial charge on any atom is -0.338 e. The van der Waals surface area contributed by atoms with E-state index in [0.29, 0.717) is 25.4 Å². The zero-order valence-electron chi connectivity index (χ0n) is 15.6. The number of sulfone groups is 1. The van der Waals surface area contributed by atoms with Crippen molar-refractivity contribution in [2.75, 3.05) is 37.7 Å². The van der Waals surface area contributed by atoms with Crippen molar-refractivity contribution in [1.29, 1.82) is 0 Å². The Hall–Kier alpha value is -1.40. The number of carbonyl (C=O) groups is 1. The molecule has 2 heterocycles. The first kappa shape index (κ1) is 19.4. The van der Waals surface area contributed by atoms with Crippen LogP contribution in [-0.4, -0.2) is 67.9 Å². The van der Waals surface area contributed by atoms with Crippen LogP contribution >= 0.6 is 0 Å². The highest BCUT2D eigenvalue weighted by molar-refractivity contribution is 7.91. The lowest BCUT2D eigenvalue weighted by molar-refractivity contribution is -0.134. The number of rotatable bonds is 6. The molecule has 1 aromatic rings. The number of carbonyl (C=O) groups excluding carboxylic acids is 1. The number of hydrogen-bond acceptors (Lipinski definition) is 4. The molecule has 1 atom stereocenters. The summed E-state index contributed by atoms with van der Waals surface area (Å²) < 4.78 is 23.4. The molecule has 2 aliphatic rings. The molecule has 5 nitrogen and oxygen atoms in total. The SMILES string of the molecule is CCN(C(=O)CN1CCC(Cc2ccccc2)CC1)C1CCS(=O)(=O)C1. The van der Waals surface area contributed by atoms with Gasteiger partial charge in [0.25, 0.3) is 0 Å². The number of benzene rings is 1. The van der Waals surface area contributed by atoms with Crippen LogP contribution in [0.4, 0.5) is 0 Å². The number of likely N-dealkylation sites (N-methyl/N-ethyl adjacent to an activating group) is 1. The molecule has 1 amide bonds. The second kappa shape index (κ2) is 8.53. The van der Waals surface area contributed by atoms with E-state index in [1.54, 1.807) is 4.90 Å². The van der Waals surface area contributed by atoms with Gasteiger partial charge in [-0.05, 0) is 57.2 Å². The van der Waals surface area contributed by atoms with Crippen LogP contribution in [0.2, 0.25) is 0 Å². The molecule has 0 N–H and O–H groups in total. The van der Waals surface area contributed by atoms with E-state index in [1.807, 2.05) is 13.0 Å². The van der Waals surface area contributed by atoms with Crippen LogP contribution in [0, 0.1) is 5.92 Å². The second-order valence-corrected chi connectivity index (χ2v) is 9.87. The van der Waals surface area contributed by atoms with Gasteiger partial charge in [-0.1, -0.05) is 30.3 Å². The van der Waals surface area contributed by atoms with Crippen LogP contribution in [0.3, 0.4) is 0 Å². The molecule has 0 saturated carbocycles. The molecule has 2 aliphatic heterocycles. The van der Waals surface area contributed by atoms with Gasteiger partial charge in [0.15, 0.2) is 9.84 Å². The predicted octanol–water partition coefficient (Wildman–Crippen LogP) is 1.98. The third kappa shape index (κ3) is 5.07. The number of amides is 1. The zero-order chi connectivity index (χ0) is 18.6. The average Bonchev–Trinajstić information content (AvgIpc) is 2.98. The quantitative estimate of drug-likeness (QED) is 0.759. The highest BCUT2D eigenvalue weighted by Crippen LogP contribution is 2.22. The lowest BCUT2D eigenvalue weighted by atomic mass is 9.90. The third-order valence-corrected chi connectivity index (χ3v) is 7.49. The lowest BCUT2D eigenvalue weighted by Crippen LogP contribution is -2.47. The molecule has 0 aromatic heterocycles. The van der Waals surface area contributed by atoms with E-state index in [9.17, 15) is 13.2 Å². The average molecular weight is 379 g/mol. The van der Waals surface area contributed by atoms with Crippen LogP contribution in [0.1, 0.15) is 31.7 Å². The smallest absolute Gasteiger partial charge is 0.237 e. The van der Waals surface area contributed by atoms with E-state index < -0.39 is 9.84 Å². The molecule has 0 spiro atoms. The summed E-state index contributed by atoms with van der Waals surface area (Å²) in [6.07, 6.45) is 3.93. The number of piperidine rings is 1. The molecule has 3 rings (SSSR count). The van der Waals surface area contributed by atoms with Gasteiger partial charge in [-0.2, -0.15) is 0 Å². The Bertz CT molecular complexity index is 697. The van der Waals surface area contributed by atoms with E-state index in [-0.39, 0.29) is 23.5 Å². The molecule has 26 heavy (non-hydrogen) atoms. The van der Waals surface area contributed by atoms with Crippen molar-refractivity contribution in [3.63, 3.8) is 0 Å². The summed E-state index contributed by atoms with van der Waals surface area (Å²) in [5, 5.41) is 0. The first-order valence-electron chi connectivity index (χ1n) is 9.73. The van der Waals surface area contributed by atoms with Crippen molar-refractivity contribution in [2.24, 2.45) is 5.92 Å². The molecule has 2 fully saturated rings. The molecule has 0 radical (unpaired) electrons. The maximum atomic E-state index is 12.7. The molecule has 1 unspecified atom stereocenters. The Balaban J connectivity index is 1.46. The van der Waals surface area contributed by atoms with Crippen LogP contribution in [0.15, 0.2) is 30.3 Å². The zero-order valence-corrected chi connectivity index (χ0v) is 16.5. The highest BCUT2D eigenvalue weighted by Gasteiger charge is 2.34. The van der Waals surface area contributed by atoms with E-state index in [0.717, 1.165) is 32.4 Å². The van der Waals surface area contributed by atoms with E-state index in [1.165, 1.54) is 5.56 Å². The fraction of sp³-hybridized carbons (Fsp3) is 0.650. The Morgan fingerprint density at radius 2 is 1.85 bits per heavy atom. The Kier molecular flexibility index (Phi) is 6.35. The summed E-state index contributed by atoms with van der Waals surface area (Å²) in [4.78, 5) is 16.7. The van der Waals surface area contributed by atoms with Crippen molar-refractivity contribution in [3.8, 4) is 0 Å². The summed E-state index contributed by atoms with van der Waals surface area (Å²) in [6.45, 7) is 4.84. The van der Waals surface area contributed by atoms with Crippen LogP contribution in [0.5, 0.6) is 0 Å². The maximum Gasteiger partial charge on any atom is 0.237 e. The largest absolute Gasteiger partial charge is 0.338 e. The second-order valence-electron chi connectivity index (χ2n) is 7.65. The van der Waals surface area contributed by atoms with E-state index in [2.05, 4.69) is 29.2 Å². The van der Waals surface area contributed by atoms with Crippen molar-refractivity contribution in [1.82, 2.24) is 9.80 Å². The number of hydrogen-bond donors (Lipinski definition) is 0. The Labute approximate surface area is 157 Å². The number of likely N-dealkylation sites (tertiary alicyclic amines) is 1. The molecular formula is C20H30N2O3S. The van der Waals surface area contributed by atoms with Gasteiger partial charge in [0.2, 0.25) is 5.91 Å². The fourth-order valence-electron chi connectivity index (χ4n) is 4.24. The van der Waals surface area contributed by atoms with Crippen LogP contribution < -0.4 is 0 Å². The van der Waals surface area contributed by atoms with Crippen molar-refractivity contribution < 1.29 is 13.2 Å². The van der Waals surface area contributed by atoms with Gasteiger partial charge in [0.1, 0.15) is 0 Å². The van der Waals surface area contributed by atoms with Crippen molar-refractivity contribution in [2.45, 2.75) is 38.6 Å². The number of nitrogens with zero attached hydrogens (tertiary/aromatic N) is 2. The molecule has 0 bridgehead atoms. The van der Waals surface area contributed by atoms with Crippen molar-refractivity contribution in [3.05, 3.63) is 35.9 Å². The standard InChI is InChI=1S/C20H30N2O3S/c1-2-22(19-10-13-26(24,25)16-19)20(23)15-21-11-8-18(9-12-21)14-17-6-4-3-5-7-17/h3-7,18-19H,2,8-16H2,1H3. The minimum atomic E-state index is -2.96. The van der Waals surface area contributed by atoms with Crippen LogP contribution in [0.25, 0.3) is 0 Å². The summed E-state index contributed by atoms with van der Waals surface area (Å²) in [6, 6.07) is 10.5. The summed E-state index contributed by atoms with van der Waals surface area (Å²) >= 11 is 0. The van der Waals surface area contributed by atoms with Gasteiger partial charge in [0.05, 0.1) is 18.1 Å². The molecule has 0 aliphatic carbocycles.